The Labute approximate surface area is 184 Å². The first-order valence-corrected chi connectivity index (χ1v) is 10.8. The van der Waals surface area contributed by atoms with Gasteiger partial charge in [0.1, 0.15) is 11.4 Å². The molecule has 1 aliphatic rings. The lowest BCUT2D eigenvalue weighted by molar-refractivity contribution is -0.134. The van der Waals surface area contributed by atoms with Crippen molar-refractivity contribution in [2.45, 2.75) is 53.1 Å². The molecule has 0 spiro atoms. The Morgan fingerprint density at radius 3 is 2.23 bits per heavy atom. The lowest BCUT2D eigenvalue weighted by Crippen LogP contribution is -2.40. The molecular formula is C23H35N3O5. The highest BCUT2D eigenvalue weighted by Gasteiger charge is 2.22. The van der Waals surface area contributed by atoms with Crippen molar-refractivity contribution in [2.75, 3.05) is 39.3 Å². The first-order valence-electron chi connectivity index (χ1n) is 10.8. The van der Waals surface area contributed by atoms with E-state index in [1.54, 1.807) is 30.6 Å². The molecular weight excluding hydrogens is 398 g/mol. The van der Waals surface area contributed by atoms with Gasteiger partial charge in [0.2, 0.25) is 5.91 Å². The van der Waals surface area contributed by atoms with Gasteiger partial charge in [0.25, 0.3) is 5.91 Å². The molecule has 0 atom stereocenters. The Morgan fingerprint density at radius 1 is 0.968 bits per heavy atom. The smallest absolute Gasteiger partial charge is 0.407 e. The second-order valence-electron chi connectivity index (χ2n) is 8.83. The average molecular weight is 434 g/mol. The summed E-state index contributed by atoms with van der Waals surface area (Å²) in [6, 6.07) is 5.77. The van der Waals surface area contributed by atoms with Gasteiger partial charge in [-0.25, -0.2) is 4.79 Å². The normalized spacial score (nSPS) is 14.6. The largest absolute Gasteiger partial charge is 0.484 e. The lowest BCUT2D eigenvalue weighted by Gasteiger charge is -2.23. The Kier molecular flexibility index (Phi) is 8.71. The van der Waals surface area contributed by atoms with Crippen LogP contribution in [0.5, 0.6) is 5.75 Å². The fraction of sp³-hybridized carbons (Fsp3) is 0.609. The van der Waals surface area contributed by atoms with Gasteiger partial charge >= 0.3 is 6.09 Å². The van der Waals surface area contributed by atoms with Crippen LogP contribution in [0.15, 0.2) is 18.2 Å². The molecule has 1 heterocycles. The minimum atomic E-state index is -0.573. The van der Waals surface area contributed by atoms with Gasteiger partial charge in [-0.1, -0.05) is 6.07 Å². The molecule has 8 heteroatoms. The molecule has 1 N–H and O–H groups in total. The Hall–Kier alpha value is -2.77. The predicted molar refractivity (Wildman–Crippen MR) is 118 cm³/mol. The van der Waals surface area contributed by atoms with Gasteiger partial charge in [0.15, 0.2) is 6.61 Å². The third kappa shape index (κ3) is 8.47. The van der Waals surface area contributed by atoms with Gasteiger partial charge in [0, 0.05) is 39.1 Å². The van der Waals surface area contributed by atoms with Gasteiger partial charge in [-0.2, -0.15) is 0 Å². The molecule has 8 nitrogen and oxygen atoms in total. The summed E-state index contributed by atoms with van der Waals surface area (Å²) in [5.74, 6) is 0.552. The van der Waals surface area contributed by atoms with Crippen molar-refractivity contribution >= 4 is 17.9 Å². The van der Waals surface area contributed by atoms with Crippen LogP contribution in [-0.2, 0) is 14.3 Å². The molecule has 1 aromatic carbocycles. The molecule has 1 fully saturated rings. The number of rotatable bonds is 6. The van der Waals surface area contributed by atoms with E-state index in [4.69, 9.17) is 9.47 Å². The zero-order valence-electron chi connectivity index (χ0n) is 19.3. The van der Waals surface area contributed by atoms with E-state index in [0.717, 1.165) is 5.56 Å². The number of hydrogen-bond acceptors (Lipinski definition) is 5. The van der Waals surface area contributed by atoms with E-state index in [0.29, 0.717) is 38.3 Å². The SMILES string of the molecule is Cc1ccc(OCC(=O)N2CCCN(C(=O)CCNC(=O)OC(C)(C)C)CC2)cc1C. The van der Waals surface area contributed by atoms with Crippen molar-refractivity contribution in [1.82, 2.24) is 15.1 Å². The molecule has 1 aliphatic heterocycles. The number of amides is 3. The van der Waals surface area contributed by atoms with E-state index in [2.05, 4.69) is 5.32 Å². The summed E-state index contributed by atoms with van der Waals surface area (Å²) >= 11 is 0. The number of carbonyl (C=O) groups excluding carboxylic acids is 3. The Bertz CT molecular complexity index is 788. The van der Waals surface area contributed by atoms with Crippen molar-refractivity contribution in [3.8, 4) is 5.75 Å². The maximum atomic E-state index is 12.5. The zero-order valence-corrected chi connectivity index (χ0v) is 19.3. The maximum absolute atomic E-state index is 12.5. The van der Waals surface area contributed by atoms with E-state index >= 15 is 0 Å². The standard InChI is InChI=1S/C23H35N3O5/c1-17-7-8-19(15-18(17)2)30-16-21(28)26-12-6-11-25(13-14-26)20(27)9-10-24-22(29)31-23(3,4)5/h7-8,15H,6,9-14,16H2,1-5H3,(H,24,29). The van der Waals surface area contributed by atoms with E-state index in [-0.39, 0.29) is 31.4 Å². The second-order valence-corrected chi connectivity index (χ2v) is 8.83. The molecule has 3 amide bonds. The topological polar surface area (TPSA) is 88.2 Å². The zero-order chi connectivity index (χ0) is 23.0. The fourth-order valence-corrected chi connectivity index (χ4v) is 3.20. The fourth-order valence-electron chi connectivity index (χ4n) is 3.20. The average Bonchev–Trinajstić information content (AvgIpc) is 2.93. The number of alkyl carbamates (subject to hydrolysis) is 1. The molecule has 0 unspecified atom stereocenters. The number of ether oxygens (including phenoxy) is 2. The predicted octanol–water partition coefficient (Wildman–Crippen LogP) is 2.66. The molecule has 172 valence electrons. The van der Waals surface area contributed by atoms with E-state index in [1.165, 1.54) is 5.56 Å². The van der Waals surface area contributed by atoms with Crippen LogP contribution in [-0.4, -0.2) is 72.6 Å². The van der Waals surface area contributed by atoms with Crippen molar-refractivity contribution in [3.63, 3.8) is 0 Å². The van der Waals surface area contributed by atoms with Crippen LogP contribution in [0.4, 0.5) is 4.79 Å². The number of nitrogens with zero attached hydrogens (tertiary/aromatic N) is 2. The summed E-state index contributed by atoms with van der Waals surface area (Å²) in [6.07, 6.45) is 0.376. The molecule has 2 rings (SSSR count). The number of aryl methyl sites for hydroxylation is 2. The van der Waals surface area contributed by atoms with Crippen LogP contribution in [0.25, 0.3) is 0 Å². The van der Waals surface area contributed by atoms with Crippen LogP contribution in [0, 0.1) is 13.8 Å². The van der Waals surface area contributed by atoms with Gasteiger partial charge in [-0.05, 0) is 64.3 Å². The Morgan fingerprint density at radius 2 is 1.61 bits per heavy atom. The van der Waals surface area contributed by atoms with Gasteiger partial charge in [-0.15, -0.1) is 0 Å². The number of hydrogen-bond donors (Lipinski definition) is 1. The number of carbonyl (C=O) groups is 3. The molecule has 31 heavy (non-hydrogen) atoms. The number of nitrogens with one attached hydrogen (secondary N) is 1. The van der Waals surface area contributed by atoms with Crippen LogP contribution < -0.4 is 10.1 Å². The number of benzene rings is 1. The molecule has 0 aromatic heterocycles. The Balaban J connectivity index is 1.74. The molecule has 0 bridgehead atoms. The lowest BCUT2D eigenvalue weighted by atomic mass is 10.1. The summed E-state index contributed by atoms with van der Waals surface area (Å²) in [6.45, 7) is 11.7. The van der Waals surface area contributed by atoms with Gasteiger partial charge in [-0.3, -0.25) is 9.59 Å². The van der Waals surface area contributed by atoms with Gasteiger partial charge in [0.05, 0.1) is 0 Å². The van der Waals surface area contributed by atoms with Crippen molar-refractivity contribution in [1.29, 1.82) is 0 Å². The van der Waals surface area contributed by atoms with Gasteiger partial charge < -0.3 is 24.6 Å². The molecule has 1 saturated heterocycles. The van der Waals surface area contributed by atoms with E-state index in [9.17, 15) is 14.4 Å². The quantitative estimate of drug-likeness (QED) is 0.745. The van der Waals surface area contributed by atoms with Crippen LogP contribution in [0.2, 0.25) is 0 Å². The first-order chi connectivity index (χ1) is 14.5. The van der Waals surface area contributed by atoms with Crippen LogP contribution in [0.3, 0.4) is 0 Å². The summed E-state index contributed by atoms with van der Waals surface area (Å²) in [7, 11) is 0. The minimum absolute atomic E-state index is 0.0176. The summed E-state index contributed by atoms with van der Waals surface area (Å²) in [4.78, 5) is 40.2. The molecule has 1 aromatic rings. The highest BCUT2D eigenvalue weighted by Crippen LogP contribution is 2.16. The first kappa shape index (κ1) is 24.5. The van der Waals surface area contributed by atoms with E-state index < -0.39 is 11.7 Å². The van der Waals surface area contributed by atoms with Crippen LogP contribution in [0.1, 0.15) is 44.7 Å². The van der Waals surface area contributed by atoms with Crippen molar-refractivity contribution in [2.24, 2.45) is 0 Å². The second kappa shape index (κ2) is 11.0. The molecule has 0 saturated carbocycles. The summed E-state index contributed by atoms with van der Waals surface area (Å²) in [5.41, 5.74) is 1.73. The van der Waals surface area contributed by atoms with Crippen molar-refractivity contribution in [3.05, 3.63) is 29.3 Å². The maximum Gasteiger partial charge on any atom is 0.407 e. The molecule has 0 aliphatic carbocycles. The summed E-state index contributed by atoms with van der Waals surface area (Å²) in [5, 5.41) is 2.60. The van der Waals surface area contributed by atoms with E-state index in [1.807, 2.05) is 32.0 Å². The third-order valence-electron chi connectivity index (χ3n) is 5.05. The molecule has 0 radical (unpaired) electrons. The monoisotopic (exact) mass is 433 g/mol. The van der Waals surface area contributed by atoms with Crippen LogP contribution >= 0.6 is 0 Å². The van der Waals surface area contributed by atoms with Crippen molar-refractivity contribution < 1.29 is 23.9 Å². The highest BCUT2D eigenvalue weighted by molar-refractivity contribution is 5.79. The highest BCUT2D eigenvalue weighted by atomic mass is 16.6. The summed E-state index contributed by atoms with van der Waals surface area (Å²) < 4.78 is 10.8. The third-order valence-corrected chi connectivity index (χ3v) is 5.05. The minimum Gasteiger partial charge on any atom is -0.484 e.